The summed E-state index contributed by atoms with van der Waals surface area (Å²) in [5, 5.41) is 14.6. The van der Waals surface area contributed by atoms with Crippen LogP contribution in [0.25, 0.3) is 0 Å². The molecule has 0 aliphatic carbocycles. The number of non-ortho nitro benzene ring substituents is 1. The van der Waals surface area contributed by atoms with Gasteiger partial charge in [-0.05, 0) is 43.5 Å². The first-order valence-corrected chi connectivity index (χ1v) is 8.58. The predicted octanol–water partition coefficient (Wildman–Crippen LogP) is 3.41. The lowest BCUT2D eigenvalue weighted by atomic mass is 10.1. The van der Waals surface area contributed by atoms with Crippen molar-refractivity contribution < 1.29 is 14.1 Å². The van der Waals surface area contributed by atoms with Crippen molar-refractivity contribution >= 4 is 23.5 Å². The first-order chi connectivity index (χ1) is 13.0. The fourth-order valence-electron chi connectivity index (χ4n) is 3.01. The Hall–Kier alpha value is -3.29. The zero-order valence-electron chi connectivity index (χ0n) is 14.8. The molecule has 1 saturated heterocycles. The van der Waals surface area contributed by atoms with E-state index in [1.807, 2.05) is 11.8 Å². The minimum atomic E-state index is -0.582. The second-order valence-electron chi connectivity index (χ2n) is 6.36. The van der Waals surface area contributed by atoms with Crippen LogP contribution in [0.3, 0.4) is 0 Å². The third-order valence-corrected chi connectivity index (χ3v) is 4.47. The fraction of sp³-hybridized carbons (Fsp3) is 0.263. The van der Waals surface area contributed by atoms with E-state index < -0.39 is 10.8 Å². The molecule has 7 nitrogen and oxygen atoms in total. The lowest BCUT2D eigenvalue weighted by Gasteiger charge is -2.19. The number of benzene rings is 2. The summed E-state index contributed by atoms with van der Waals surface area (Å²) >= 11 is 0. The van der Waals surface area contributed by atoms with Crippen molar-refractivity contribution in [2.45, 2.75) is 19.8 Å². The van der Waals surface area contributed by atoms with E-state index in [4.69, 9.17) is 0 Å². The Kier molecular flexibility index (Phi) is 5.44. The van der Waals surface area contributed by atoms with E-state index in [-0.39, 0.29) is 17.1 Å². The molecule has 1 amide bonds. The van der Waals surface area contributed by atoms with Crippen LogP contribution in [0.2, 0.25) is 0 Å². The first kappa shape index (κ1) is 18.5. The molecule has 1 fully saturated rings. The molecule has 2 aromatic rings. The molecule has 0 radical (unpaired) electrons. The van der Waals surface area contributed by atoms with Crippen molar-refractivity contribution in [3.63, 3.8) is 0 Å². The van der Waals surface area contributed by atoms with Crippen LogP contribution in [0.5, 0.6) is 0 Å². The highest BCUT2D eigenvalue weighted by Crippen LogP contribution is 2.26. The maximum Gasteiger partial charge on any atom is 0.271 e. The van der Waals surface area contributed by atoms with E-state index in [0.717, 1.165) is 31.5 Å². The molecular weight excluding hydrogens is 351 g/mol. The normalized spacial score (nSPS) is 13.9. The second-order valence-corrected chi connectivity index (χ2v) is 6.36. The van der Waals surface area contributed by atoms with E-state index >= 15 is 0 Å². The average Bonchev–Trinajstić information content (AvgIpc) is 3.18. The van der Waals surface area contributed by atoms with Crippen LogP contribution >= 0.6 is 0 Å². The van der Waals surface area contributed by atoms with Gasteiger partial charge in [0.2, 0.25) is 0 Å². The van der Waals surface area contributed by atoms with Crippen molar-refractivity contribution in [3.8, 4) is 0 Å². The van der Waals surface area contributed by atoms with Crippen LogP contribution < -0.4 is 10.3 Å². The fourth-order valence-corrected chi connectivity index (χ4v) is 3.01. The summed E-state index contributed by atoms with van der Waals surface area (Å²) in [5.41, 5.74) is 4.22. The smallest absolute Gasteiger partial charge is 0.271 e. The Balaban J connectivity index is 1.70. The second kappa shape index (κ2) is 7.94. The lowest BCUT2D eigenvalue weighted by Crippen LogP contribution is -2.19. The summed E-state index contributed by atoms with van der Waals surface area (Å²) in [5.74, 6) is -0.907. The molecule has 8 heteroatoms. The van der Waals surface area contributed by atoms with Crippen molar-refractivity contribution in [2.24, 2.45) is 5.10 Å². The van der Waals surface area contributed by atoms with Crippen LogP contribution in [0, 0.1) is 22.9 Å². The highest BCUT2D eigenvalue weighted by Gasteiger charge is 2.17. The number of halogens is 1. The van der Waals surface area contributed by atoms with Gasteiger partial charge >= 0.3 is 0 Å². The van der Waals surface area contributed by atoms with Gasteiger partial charge in [0, 0.05) is 36.3 Å². The molecule has 1 aliphatic heterocycles. The molecule has 1 heterocycles. The minimum Gasteiger partial charge on any atom is -0.369 e. The SMILES string of the molecule is Cc1cc(N2CCCC2)c(F)cc1C=NNC(=O)c1cccc([N+](=O)[O-])c1. The summed E-state index contributed by atoms with van der Waals surface area (Å²) < 4.78 is 14.4. The van der Waals surface area contributed by atoms with E-state index in [9.17, 15) is 19.3 Å². The van der Waals surface area contributed by atoms with Crippen molar-refractivity contribution in [1.29, 1.82) is 0 Å². The van der Waals surface area contributed by atoms with E-state index in [1.165, 1.54) is 36.5 Å². The van der Waals surface area contributed by atoms with E-state index in [1.54, 1.807) is 6.07 Å². The van der Waals surface area contributed by atoms with Gasteiger partial charge < -0.3 is 4.90 Å². The quantitative estimate of drug-likeness (QED) is 0.496. The number of amides is 1. The maximum atomic E-state index is 14.4. The Morgan fingerprint density at radius 3 is 2.74 bits per heavy atom. The summed E-state index contributed by atoms with van der Waals surface area (Å²) in [6.45, 7) is 3.55. The van der Waals surface area contributed by atoms with Gasteiger partial charge in [-0.1, -0.05) is 6.07 Å². The van der Waals surface area contributed by atoms with Crippen LogP contribution in [-0.2, 0) is 0 Å². The topological polar surface area (TPSA) is 87.8 Å². The number of nitro groups is 1. The molecule has 2 aromatic carbocycles. The Morgan fingerprint density at radius 2 is 2.04 bits per heavy atom. The van der Waals surface area contributed by atoms with Crippen molar-refractivity contribution in [2.75, 3.05) is 18.0 Å². The minimum absolute atomic E-state index is 0.119. The van der Waals surface area contributed by atoms with Gasteiger partial charge in [0.25, 0.3) is 11.6 Å². The van der Waals surface area contributed by atoms with E-state index in [2.05, 4.69) is 10.5 Å². The number of nitrogens with one attached hydrogen (secondary N) is 1. The molecule has 0 unspecified atom stereocenters. The van der Waals surface area contributed by atoms with Crippen molar-refractivity contribution in [1.82, 2.24) is 5.43 Å². The summed E-state index contributed by atoms with van der Waals surface area (Å²) in [6, 6.07) is 8.52. The van der Waals surface area contributed by atoms with Crippen LogP contribution in [-0.4, -0.2) is 30.1 Å². The molecule has 3 rings (SSSR count). The van der Waals surface area contributed by atoms with Gasteiger partial charge in [-0.15, -0.1) is 0 Å². The zero-order valence-corrected chi connectivity index (χ0v) is 14.8. The van der Waals surface area contributed by atoms with Gasteiger partial charge in [0.15, 0.2) is 0 Å². The average molecular weight is 370 g/mol. The third kappa shape index (κ3) is 4.28. The van der Waals surface area contributed by atoms with Gasteiger partial charge in [-0.25, -0.2) is 9.82 Å². The molecular formula is C19H19FN4O3. The summed E-state index contributed by atoms with van der Waals surface area (Å²) in [7, 11) is 0. The maximum absolute atomic E-state index is 14.4. The largest absolute Gasteiger partial charge is 0.369 e. The van der Waals surface area contributed by atoms with Gasteiger partial charge in [0.05, 0.1) is 16.8 Å². The number of nitro benzene ring substituents is 1. The number of hydrogen-bond donors (Lipinski definition) is 1. The number of carbonyl (C=O) groups is 1. The Bertz CT molecular complexity index is 908. The summed E-state index contributed by atoms with van der Waals surface area (Å²) in [6.07, 6.45) is 3.48. The number of hydrazone groups is 1. The van der Waals surface area contributed by atoms with Crippen LogP contribution in [0.1, 0.15) is 34.3 Å². The van der Waals surface area contributed by atoms with Crippen LogP contribution in [0.15, 0.2) is 41.5 Å². The van der Waals surface area contributed by atoms with Gasteiger partial charge in [0.1, 0.15) is 5.82 Å². The lowest BCUT2D eigenvalue weighted by molar-refractivity contribution is -0.384. The zero-order chi connectivity index (χ0) is 19.4. The van der Waals surface area contributed by atoms with Crippen molar-refractivity contribution in [3.05, 3.63) is 69.0 Å². The molecule has 140 valence electrons. The highest BCUT2D eigenvalue weighted by molar-refractivity contribution is 5.95. The van der Waals surface area contributed by atoms with Crippen LogP contribution in [0.4, 0.5) is 15.8 Å². The Morgan fingerprint density at radius 1 is 1.30 bits per heavy atom. The molecule has 0 spiro atoms. The Labute approximate surface area is 155 Å². The molecule has 0 saturated carbocycles. The number of carbonyl (C=O) groups excluding carboxylic acids is 1. The standard InChI is InChI=1S/C19H19FN4O3/c1-13-9-18(23-7-2-3-8-23)17(20)11-15(13)12-21-22-19(25)14-5-4-6-16(10-14)24(26)27/h4-6,9-12H,2-3,7-8H2,1H3,(H,22,25). The molecule has 1 N–H and O–H groups in total. The number of rotatable bonds is 5. The summed E-state index contributed by atoms with van der Waals surface area (Å²) in [4.78, 5) is 24.3. The molecule has 0 aromatic heterocycles. The number of hydrogen-bond acceptors (Lipinski definition) is 5. The van der Waals surface area contributed by atoms with E-state index in [0.29, 0.717) is 11.3 Å². The number of anilines is 1. The van der Waals surface area contributed by atoms with Gasteiger partial charge in [-0.3, -0.25) is 14.9 Å². The number of nitrogens with zero attached hydrogens (tertiary/aromatic N) is 3. The molecule has 0 atom stereocenters. The molecule has 1 aliphatic rings. The number of aryl methyl sites for hydroxylation is 1. The highest BCUT2D eigenvalue weighted by atomic mass is 19.1. The molecule has 0 bridgehead atoms. The third-order valence-electron chi connectivity index (χ3n) is 4.47. The predicted molar refractivity (Wildman–Crippen MR) is 101 cm³/mol. The van der Waals surface area contributed by atoms with Gasteiger partial charge in [-0.2, -0.15) is 5.10 Å². The molecule has 27 heavy (non-hydrogen) atoms. The first-order valence-electron chi connectivity index (χ1n) is 8.58. The monoisotopic (exact) mass is 370 g/mol.